The van der Waals surface area contributed by atoms with Gasteiger partial charge in [0.25, 0.3) is 0 Å². The minimum absolute atomic E-state index is 0.130. The molecule has 144 valence electrons. The molecule has 1 N–H and O–H groups in total. The van der Waals surface area contributed by atoms with Gasteiger partial charge in [-0.25, -0.2) is 4.79 Å². The Bertz CT molecular complexity index is 972. The lowest BCUT2D eigenvalue weighted by atomic mass is 10.2. The fraction of sp³-hybridized carbons (Fsp3) is 0.111. The third-order valence-corrected chi connectivity index (χ3v) is 3.64. The van der Waals surface area contributed by atoms with Crippen LogP contribution < -0.4 is 10.3 Å². The first kappa shape index (κ1) is 19.1. The Morgan fingerprint density at radius 3 is 2.54 bits per heavy atom. The molecule has 10 heteroatoms. The number of halogens is 3. The fourth-order valence-corrected chi connectivity index (χ4v) is 2.35. The molecule has 1 heterocycles. The van der Waals surface area contributed by atoms with Crippen molar-refractivity contribution in [3.8, 4) is 0 Å². The normalized spacial score (nSPS) is 15.6. The molecule has 2 aromatic rings. The SMILES string of the molecule is CC1=NN(c2ccccc2)C(=O)C1=NOC(=O)Nc1cccc(C(F)(F)F)c1. The van der Waals surface area contributed by atoms with Crippen LogP contribution in [0, 0.1) is 0 Å². The van der Waals surface area contributed by atoms with Crippen molar-refractivity contribution in [2.45, 2.75) is 13.1 Å². The number of carbonyl (C=O) groups is 2. The summed E-state index contributed by atoms with van der Waals surface area (Å²) in [6.07, 6.45) is -5.70. The summed E-state index contributed by atoms with van der Waals surface area (Å²) in [5, 5.41) is 10.8. The van der Waals surface area contributed by atoms with Crippen LogP contribution in [-0.2, 0) is 15.8 Å². The van der Waals surface area contributed by atoms with Crippen LogP contribution in [-0.4, -0.2) is 23.4 Å². The number of hydrogen-bond acceptors (Lipinski definition) is 5. The van der Waals surface area contributed by atoms with Crippen LogP contribution in [0.25, 0.3) is 0 Å². The highest BCUT2D eigenvalue weighted by Gasteiger charge is 2.32. The van der Waals surface area contributed by atoms with E-state index in [-0.39, 0.29) is 17.1 Å². The molecular formula is C18H13F3N4O3. The van der Waals surface area contributed by atoms with Gasteiger partial charge in [-0.15, -0.1) is 0 Å². The van der Waals surface area contributed by atoms with E-state index in [0.717, 1.165) is 23.2 Å². The summed E-state index contributed by atoms with van der Waals surface area (Å²) < 4.78 is 38.1. The highest BCUT2D eigenvalue weighted by atomic mass is 19.4. The monoisotopic (exact) mass is 390 g/mol. The van der Waals surface area contributed by atoms with Crippen LogP contribution in [0.3, 0.4) is 0 Å². The van der Waals surface area contributed by atoms with Crippen molar-refractivity contribution >= 4 is 34.8 Å². The molecule has 0 radical (unpaired) electrons. The molecule has 0 spiro atoms. The van der Waals surface area contributed by atoms with Crippen LogP contribution in [0.15, 0.2) is 64.9 Å². The minimum atomic E-state index is -4.55. The van der Waals surface area contributed by atoms with E-state index < -0.39 is 23.7 Å². The quantitative estimate of drug-likeness (QED) is 0.634. The molecule has 0 fully saturated rings. The molecule has 1 aliphatic heterocycles. The average molecular weight is 390 g/mol. The topological polar surface area (TPSA) is 83.4 Å². The van der Waals surface area contributed by atoms with Gasteiger partial charge in [0, 0.05) is 5.69 Å². The van der Waals surface area contributed by atoms with Gasteiger partial charge in [-0.3, -0.25) is 14.9 Å². The third-order valence-electron chi connectivity index (χ3n) is 3.64. The predicted molar refractivity (Wildman–Crippen MR) is 96.0 cm³/mol. The Hall–Kier alpha value is -3.69. The van der Waals surface area contributed by atoms with Gasteiger partial charge >= 0.3 is 18.2 Å². The number of rotatable bonds is 3. The molecule has 2 amide bonds. The van der Waals surface area contributed by atoms with Crippen molar-refractivity contribution in [1.29, 1.82) is 0 Å². The summed E-state index contributed by atoms with van der Waals surface area (Å²) in [7, 11) is 0. The zero-order chi connectivity index (χ0) is 20.3. The van der Waals surface area contributed by atoms with E-state index in [1.165, 1.54) is 13.0 Å². The minimum Gasteiger partial charge on any atom is -0.297 e. The van der Waals surface area contributed by atoms with Crippen molar-refractivity contribution in [2.24, 2.45) is 10.3 Å². The number of hydrazone groups is 1. The molecule has 3 rings (SSSR count). The van der Waals surface area contributed by atoms with Crippen LogP contribution >= 0.6 is 0 Å². The summed E-state index contributed by atoms with van der Waals surface area (Å²) in [5.41, 5.74) is -0.521. The zero-order valence-corrected chi connectivity index (χ0v) is 14.4. The Labute approximate surface area is 157 Å². The maximum absolute atomic E-state index is 12.7. The molecule has 7 nitrogen and oxygen atoms in total. The lowest BCUT2D eigenvalue weighted by Crippen LogP contribution is -2.28. The second kappa shape index (κ2) is 7.51. The Kier molecular flexibility index (Phi) is 5.12. The number of nitrogens with zero attached hydrogens (tertiary/aromatic N) is 3. The van der Waals surface area contributed by atoms with Gasteiger partial charge in [-0.1, -0.05) is 29.4 Å². The molecule has 0 saturated heterocycles. The van der Waals surface area contributed by atoms with Crippen molar-refractivity contribution in [3.05, 3.63) is 60.2 Å². The molecule has 1 aliphatic rings. The van der Waals surface area contributed by atoms with Crippen LogP contribution in [0.1, 0.15) is 12.5 Å². The lowest BCUT2D eigenvalue weighted by Gasteiger charge is -2.10. The lowest BCUT2D eigenvalue weighted by molar-refractivity contribution is -0.137. The number of nitrogens with one attached hydrogen (secondary N) is 1. The molecular weight excluding hydrogens is 377 g/mol. The van der Waals surface area contributed by atoms with Gasteiger partial charge in [-0.05, 0) is 37.3 Å². The summed E-state index contributed by atoms with van der Waals surface area (Å²) in [4.78, 5) is 28.8. The number of oxime groups is 1. The molecule has 0 unspecified atom stereocenters. The molecule has 2 aromatic carbocycles. The number of alkyl halides is 3. The number of benzene rings is 2. The van der Waals surface area contributed by atoms with Crippen molar-refractivity contribution in [2.75, 3.05) is 10.3 Å². The average Bonchev–Trinajstić information content (AvgIpc) is 2.94. The first-order valence-electron chi connectivity index (χ1n) is 7.94. The smallest absolute Gasteiger partial charge is 0.297 e. The predicted octanol–water partition coefficient (Wildman–Crippen LogP) is 4.03. The molecule has 0 atom stereocenters. The molecule has 0 aliphatic carbocycles. The van der Waals surface area contributed by atoms with Crippen molar-refractivity contribution in [3.63, 3.8) is 0 Å². The largest absolute Gasteiger partial charge is 0.437 e. The molecule has 0 saturated carbocycles. The molecule has 0 bridgehead atoms. The molecule has 0 aromatic heterocycles. The van der Waals surface area contributed by atoms with E-state index in [4.69, 9.17) is 0 Å². The maximum Gasteiger partial charge on any atom is 0.437 e. The zero-order valence-electron chi connectivity index (χ0n) is 14.4. The van der Waals surface area contributed by atoms with Crippen LogP contribution in [0.4, 0.5) is 29.3 Å². The van der Waals surface area contributed by atoms with E-state index in [1.807, 2.05) is 0 Å². The first-order chi connectivity index (χ1) is 13.3. The number of anilines is 2. The Morgan fingerprint density at radius 2 is 1.86 bits per heavy atom. The Morgan fingerprint density at radius 1 is 1.14 bits per heavy atom. The van der Waals surface area contributed by atoms with Gasteiger partial charge < -0.3 is 0 Å². The van der Waals surface area contributed by atoms with Gasteiger partial charge in [0.1, 0.15) is 0 Å². The van der Waals surface area contributed by atoms with E-state index in [2.05, 4.69) is 20.4 Å². The summed E-state index contributed by atoms with van der Waals surface area (Å²) in [6, 6.07) is 12.6. The second-order valence-electron chi connectivity index (χ2n) is 5.66. The number of para-hydroxylation sites is 1. The number of hydrogen-bond donors (Lipinski definition) is 1. The Balaban J connectivity index is 1.68. The van der Waals surface area contributed by atoms with E-state index in [1.54, 1.807) is 30.3 Å². The van der Waals surface area contributed by atoms with Gasteiger partial charge in [-0.2, -0.15) is 23.3 Å². The fourth-order valence-electron chi connectivity index (χ4n) is 2.35. The summed E-state index contributed by atoms with van der Waals surface area (Å²) in [6.45, 7) is 1.51. The summed E-state index contributed by atoms with van der Waals surface area (Å²) >= 11 is 0. The highest BCUT2D eigenvalue weighted by molar-refractivity contribution is 6.71. The van der Waals surface area contributed by atoms with Crippen molar-refractivity contribution < 1.29 is 27.6 Å². The number of amides is 2. The van der Waals surface area contributed by atoms with Crippen LogP contribution in [0.2, 0.25) is 0 Å². The van der Waals surface area contributed by atoms with E-state index in [0.29, 0.717) is 5.69 Å². The summed E-state index contributed by atoms with van der Waals surface area (Å²) in [5.74, 6) is -0.601. The van der Waals surface area contributed by atoms with Crippen LogP contribution in [0.5, 0.6) is 0 Å². The second-order valence-corrected chi connectivity index (χ2v) is 5.66. The van der Waals surface area contributed by atoms with E-state index in [9.17, 15) is 22.8 Å². The van der Waals surface area contributed by atoms with Gasteiger partial charge in [0.2, 0.25) is 0 Å². The first-order valence-corrected chi connectivity index (χ1v) is 7.94. The maximum atomic E-state index is 12.7. The van der Waals surface area contributed by atoms with E-state index >= 15 is 0 Å². The van der Waals surface area contributed by atoms with Crippen molar-refractivity contribution in [1.82, 2.24) is 0 Å². The highest BCUT2D eigenvalue weighted by Crippen LogP contribution is 2.30. The van der Waals surface area contributed by atoms with Gasteiger partial charge in [0.05, 0.1) is 17.0 Å². The third kappa shape index (κ3) is 4.17. The standard InChI is InChI=1S/C18H13F3N4O3/c1-11-15(16(26)25(23-11)14-8-3-2-4-9-14)24-28-17(27)22-13-7-5-6-12(10-13)18(19,20)21/h2-10H,1H3,(H,22,27). The number of carbonyl (C=O) groups excluding carboxylic acids is 2. The van der Waals surface area contributed by atoms with Gasteiger partial charge in [0.15, 0.2) is 5.71 Å². The molecule has 28 heavy (non-hydrogen) atoms.